The molecule has 148 valence electrons. The van der Waals surface area contributed by atoms with Crippen LogP contribution in [-0.4, -0.2) is 22.7 Å². The first-order valence-electron chi connectivity index (χ1n) is 11.1. The summed E-state index contributed by atoms with van der Waals surface area (Å²) in [6.45, 7) is 11.6. The second kappa shape index (κ2) is 5.96. The van der Waals surface area contributed by atoms with E-state index in [9.17, 15) is 9.90 Å². The highest BCUT2D eigenvalue weighted by molar-refractivity contribution is 5.77. The van der Waals surface area contributed by atoms with E-state index < -0.39 is 5.60 Å². The van der Waals surface area contributed by atoms with Gasteiger partial charge < -0.3 is 10.4 Å². The minimum atomic E-state index is -0.528. The van der Waals surface area contributed by atoms with Gasteiger partial charge in [-0.1, -0.05) is 27.7 Å². The van der Waals surface area contributed by atoms with Crippen molar-refractivity contribution >= 4 is 5.91 Å². The molecule has 26 heavy (non-hydrogen) atoms. The minimum absolute atomic E-state index is 0.263. The van der Waals surface area contributed by atoms with E-state index in [-0.39, 0.29) is 16.7 Å². The van der Waals surface area contributed by atoms with Gasteiger partial charge in [0.25, 0.3) is 0 Å². The highest BCUT2D eigenvalue weighted by atomic mass is 16.3. The Morgan fingerprint density at radius 3 is 2.54 bits per heavy atom. The minimum Gasteiger partial charge on any atom is -0.390 e. The van der Waals surface area contributed by atoms with Gasteiger partial charge in [0.15, 0.2) is 0 Å². The molecule has 3 saturated carbocycles. The maximum atomic E-state index is 12.0. The van der Waals surface area contributed by atoms with E-state index in [0.29, 0.717) is 24.3 Å². The van der Waals surface area contributed by atoms with Crippen LogP contribution in [-0.2, 0) is 4.79 Å². The summed E-state index contributed by atoms with van der Waals surface area (Å²) >= 11 is 0. The lowest BCUT2D eigenvalue weighted by Gasteiger charge is -2.62. The smallest absolute Gasteiger partial charge is 0.220 e. The van der Waals surface area contributed by atoms with Crippen molar-refractivity contribution in [2.24, 2.45) is 40.4 Å². The summed E-state index contributed by atoms with van der Waals surface area (Å²) in [7, 11) is 0. The normalized spacial score (nSPS) is 53.1. The van der Waals surface area contributed by atoms with E-state index >= 15 is 0 Å². The maximum Gasteiger partial charge on any atom is 0.220 e. The molecule has 3 aliphatic carbocycles. The van der Waals surface area contributed by atoms with E-state index in [0.717, 1.165) is 37.0 Å². The molecular weight excluding hydrogens is 322 g/mol. The number of fused-ring (bicyclic) bond motifs is 5. The number of hydrogen-bond donors (Lipinski definition) is 2. The molecule has 3 heteroatoms. The second-order valence-electron chi connectivity index (χ2n) is 11.0. The molecule has 2 N–H and O–H groups in total. The highest BCUT2D eigenvalue weighted by Gasteiger charge is 2.63. The van der Waals surface area contributed by atoms with E-state index in [1.54, 1.807) is 0 Å². The molecule has 0 radical (unpaired) electrons. The Hall–Kier alpha value is -0.570. The van der Waals surface area contributed by atoms with Gasteiger partial charge in [0.05, 0.1) is 5.60 Å². The van der Waals surface area contributed by atoms with Crippen molar-refractivity contribution in [2.75, 3.05) is 0 Å². The van der Waals surface area contributed by atoms with Crippen molar-refractivity contribution in [1.82, 2.24) is 5.32 Å². The Kier molecular flexibility index (Phi) is 4.31. The first-order valence-corrected chi connectivity index (χ1v) is 11.1. The Morgan fingerprint density at radius 1 is 1.15 bits per heavy atom. The second-order valence-corrected chi connectivity index (χ2v) is 11.0. The van der Waals surface area contributed by atoms with Gasteiger partial charge in [-0.2, -0.15) is 0 Å². The molecule has 4 aliphatic rings. The van der Waals surface area contributed by atoms with Crippen LogP contribution in [0.5, 0.6) is 0 Å². The number of amides is 1. The average Bonchev–Trinajstić information content (AvgIpc) is 2.94. The largest absolute Gasteiger partial charge is 0.390 e. The monoisotopic (exact) mass is 361 g/mol. The van der Waals surface area contributed by atoms with Crippen LogP contribution in [0.1, 0.15) is 86.0 Å². The first kappa shape index (κ1) is 18.8. The van der Waals surface area contributed by atoms with E-state index in [1.165, 1.54) is 25.7 Å². The number of piperidine rings is 1. The van der Waals surface area contributed by atoms with Crippen molar-refractivity contribution in [3.63, 3.8) is 0 Å². The van der Waals surface area contributed by atoms with Gasteiger partial charge in [-0.05, 0) is 92.3 Å². The standard InChI is InChI=1S/C23H39NO2/c1-6-23(5,26)17-8-7-15-20-14(2)13-18-22(4,12-10-19(25)24-18)16(20)9-11-21(15,17)3/h14-18,20,26H,6-13H2,1-5H3,(H,24,25)/t14?,15-,16-,17-,18?,20-,21-,22+,23?/m0/s1. The number of carbonyl (C=O) groups is 1. The predicted octanol–water partition coefficient (Wildman–Crippen LogP) is 4.53. The molecular formula is C23H39NO2. The van der Waals surface area contributed by atoms with Gasteiger partial charge in [0.2, 0.25) is 5.91 Å². The van der Waals surface area contributed by atoms with E-state index in [2.05, 4.69) is 39.9 Å². The summed E-state index contributed by atoms with van der Waals surface area (Å²) in [4.78, 5) is 12.0. The van der Waals surface area contributed by atoms with Gasteiger partial charge in [0, 0.05) is 12.5 Å². The number of carbonyl (C=O) groups excluding carboxylic acids is 1. The molecule has 1 aliphatic heterocycles. The van der Waals surface area contributed by atoms with Gasteiger partial charge in [-0.3, -0.25) is 4.79 Å². The lowest BCUT2D eigenvalue weighted by Crippen LogP contribution is -2.63. The zero-order valence-corrected chi connectivity index (χ0v) is 17.5. The molecule has 4 rings (SSSR count). The van der Waals surface area contributed by atoms with Crippen molar-refractivity contribution in [1.29, 1.82) is 0 Å². The summed E-state index contributed by atoms with van der Waals surface area (Å²) in [6, 6.07) is 0.375. The molecule has 3 unspecified atom stereocenters. The summed E-state index contributed by atoms with van der Waals surface area (Å²) < 4.78 is 0. The van der Waals surface area contributed by atoms with Gasteiger partial charge in [0.1, 0.15) is 0 Å². The van der Waals surface area contributed by atoms with Crippen molar-refractivity contribution in [3.05, 3.63) is 0 Å². The number of nitrogens with one attached hydrogen (secondary N) is 1. The van der Waals surface area contributed by atoms with Crippen LogP contribution < -0.4 is 5.32 Å². The zero-order valence-electron chi connectivity index (χ0n) is 17.5. The fraction of sp³-hybridized carbons (Fsp3) is 0.957. The first-order chi connectivity index (χ1) is 12.1. The number of aliphatic hydroxyl groups is 1. The molecule has 0 spiro atoms. The summed E-state index contributed by atoms with van der Waals surface area (Å²) in [5.41, 5.74) is 0.0350. The van der Waals surface area contributed by atoms with Crippen LogP contribution >= 0.6 is 0 Å². The molecule has 3 nitrogen and oxygen atoms in total. The lowest BCUT2D eigenvalue weighted by molar-refractivity contribution is -0.152. The highest BCUT2D eigenvalue weighted by Crippen LogP contribution is 2.68. The zero-order chi connectivity index (χ0) is 18.9. The molecule has 1 saturated heterocycles. The lowest BCUT2D eigenvalue weighted by atomic mass is 9.44. The van der Waals surface area contributed by atoms with Crippen LogP contribution in [0.25, 0.3) is 0 Å². The SMILES string of the molecule is CCC(C)(O)[C@H]1CC[C@H]2[C@@H]3C(C)CC4NC(=O)CC[C@]4(C)[C@H]3CC[C@]12C. The van der Waals surface area contributed by atoms with Crippen molar-refractivity contribution in [2.45, 2.75) is 97.6 Å². The van der Waals surface area contributed by atoms with Gasteiger partial charge >= 0.3 is 0 Å². The molecule has 0 bridgehead atoms. The third-order valence-electron chi connectivity index (χ3n) is 9.93. The molecule has 0 aromatic carbocycles. The van der Waals surface area contributed by atoms with Crippen LogP contribution in [0.3, 0.4) is 0 Å². The molecule has 0 aromatic rings. The van der Waals surface area contributed by atoms with Crippen LogP contribution in [0.4, 0.5) is 0 Å². The van der Waals surface area contributed by atoms with Crippen LogP contribution in [0.2, 0.25) is 0 Å². The third kappa shape index (κ3) is 2.45. The molecule has 9 atom stereocenters. The number of hydrogen-bond acceptors (Lipinski definition) is 2. The van der Waals surface area contributed by atoms with Gasteiger partial charge in [-0.15, -0.1) is 0 Å². The van der Waals surface area contributed by atoms with E-state index in [4.69, 9.17) is 0 Å². The Bertz CT molecular complexity index is 587. The average molecular weight is 362 g/mol. The Labute approximate surface area is 159 Å². The van der Waals surface area contributed by atoms with Crippen molar-refractivity contribution < 1.29 is 9.90 Å². The Balaban J connectivity index is 1.66. The molecule has 1 amide bonds. The molecule has 1 heterocycles. The summed E-state index contributed by atoms with van der Waals surface area (Å²) in [5.74, 6) is 3.62. The summed E-state index contributed by atoms with van der Waals surface area (Å²) in [6.07, 6.45) is 8.78. The molecule has 4 fully saturated rings. The van der Waals surface area contributed by atoms with Crippen LogP contribution in [0.15, 0.2) is 0 Å². The fourth-order valence-corrected chi connectivity index (χ4v) is 8.31. The maximum absolute atomic E-state index is 12.0. The molecule has 0 aromatic heterocycles. The van der Waals surface area contributed by atoms with Crippen LogP contribution in [0, 0.1) is 40.4 Å². The third-order valence-corrected chi connectivity index (χ3v) is 9.93. The fourth-order valence-electron chi connectivity index (χ4n) is 8.31. The predicted molar refractivity (Wildman–Crippen MR) is 105 cm³/mol. The Morgan fingerprint density at radius 2 is 1.85 bits per heavy atom. The quantitative estimate of drug-likeness (QED) is 0.759. The summed E-state index contributed by atoms with van der Waals surface area (Å²) in [5, 5.41) is 14.5. The van der Waals surface area contributed by atoms with E-state index in [1.807, 2.05) is 0 Å². The van der Waals surface area contributed by atoms with Crippen molar-refractivity contribution in [3.8, 4) is 0 Å². The topological polar surface area (TPSA) is 49.3 Å². The number of rotatable bonds is 2. The van der Waals surface area contributed by atoms with Gasteiger partial charge in [-0.25, -0.2) is 0 Å².